The van der Waals surface area contributed by atoms with Crippen LogP contribution >= 0.6 is 0 Å². The molecule has 0 amide bonds. The van der Waals surface area contributed by atoms with E-state index in [0.717, 1.165) is 37.1 Å². The van der Waals surface area contributed by atoms with Crippen LogP contribution in [0.25, 0.3) is 11.0 Å². The molecule has 0 aliphatic carbocycles. The Morgan fingerprint density at radius 3 is 3.27 bits per heavy atom. The molecular formula is C15H23N5O2. The number of ether oxygens (including phenoxy) is 1. The number of nitrogens with one attached hydrogen (secondary N) is 2. The molecule has 1 aromatic heterocycles. The first-order valence-corrected chi connectivity index (χ1v) is 7.77. The van der Waals surface area contributed by atoms with Gasteiger partial charge in [0, 0.05) is 26.2 Å². The molecule has 7 nitrogen and oxygen atoms in total. The molecular weight excluding hydrogens is 282 g/mol. The third-order valence-corrected chi connectivity index (χ3v) is 3.85. The molecule has 7 heteroatoms. The molecule has 1 aliphatic rings. The highest BCUT2D eigenvalue weighted by molar-refractivity contribution is 5.73. The third-order valence-electron chi connectivity index (χ3n) is 3.85. The van der Waals surface area contributed by atoms with Crippen LogP contribution in [0.3, 0.4) is 0 Å². The Morgan fingerprint density at radius 1 is 1.41 bits per heavy atom. The van der Waals surface area contributed by atoms with Crippen molar-refractivity contribution in [2.75, 3.05) is 39.4 Å². The molecule has 1 atom stereocenters. The molecule has 0 radical (unpaired) electrons. The Kier molecular flexibility index (Phi) is 4.99. The Hall–Kier alpha value is -1.54. The fourth-order valence-electron chi connectivity index (χ4n) is 2.65. The second-order valence-corrected chi connectivity index (χ2v) is 5.79. The minimum absolute atomic E-state index is 0.376. The van der Waals surface area contributed by atoms with Crippen LogP contribution in [-0.4, -0.2) is 65.1 Å². The number of aromatic nitrogens is 3. The van der Waals surface area contributed by atoms with E-state index >= 15 is 0 Å². The fraction of sp³-hybridized carbons (Fsp3) is 0.600. The number of aliphatic hydroxyl groups is 1. The molecule has 3 rings (SSSR count). The van der Waals surface area contributed by atoms with Crippen LogP contribution in [0.2, 0.25) is 0 Å². The lowest BCUT2D eigenvalue weighted by molar-refractivity contribution is -0.0261. The lowest BCUT2D eigenvalue weighted by Gasteiger charge is -2.26. The van der Waals surface area contributed by atoms with Crippen molar-refractivity contribution < 1.29 is 9.84 Å². The van der Waals surface area contributed by atoms with Gasteiger partial charge in [-0.05, 0) is 25.1 Å². The number of para-hydroxylation sites is 1. The standard InChI is InChI=1S/C15H23N5O2/c21-15(11-17-7-9-22-12-15)10-16-6-3-8-20-14-5-2-1-4-13(14)18-19-20/h1-2,4-5,16-17,21H,3,6-12H2. The van der Waals surface area contributed by atoms with E-state index in [1.807, 2.05) is 28.9 Å². The van der Waals surface area contributed by atoms with Gasteiger partial charge in [0.25, 0.3) is 0 Å². The molecule has 120 valence electrons. The molecule has 0 saturated carbocycles. The van der Waals surface area contributed by atoms with E-state index in [1.54, 1.807) is 0 Å². The Morgan fingerprint density at radius 2 is 2.32 bits per heavy atom. The van der Waals surface area contributed by atoms with Gasteiger partial charge < -0.3 is 20.5 Å². The molecule has 0 bridgehead atoms. The summed E-state index contributed by atoms with van der Waals surface area (Å²) in [5.41, 5.74) is 1.16. The van der Waals surface area contributed by atoms with Gasteiger partial charge in [-0.15, -0.1) is 5.10 Å². The van der Waals surface area contributed by atoms with E-state index in [4.69, 9.17) is 4.74 Å². The summed E-state index contributed by atoms with van der Waals surface area (Å²) in [5, 5.41) is 25.2. The highest BCUT2D eigenvalue weighted by atomic mass is 16.5. The molecule has 22 heavy (non-hydrogen) atoms. The number of β-amino-alcohol motifs (C(OH)–C–C–N with tert-alkyl or cyclic N) is 1. The van der Waals surface area contributed by atoms with Crippen molar-refractivity contribution in [3.63, 3.8) is 0 Å². The molecule has 0 spiro atoms. The number of rotatable bonds is 6. The van der Waals surface area contributed by atoms with Crippen LogP contribution in [0, 0.1) is 0 Å². The summed E-state index contributed by atoms with van der Waals surface area (Å²) in [7, 11) is 0. The maximum Gasteiger partial charge on any atom is 0.113 e. The van der Waals surface area contributed by atoms with Gasteiger partial charge in [0.1, 0.15) is 11.1 Å². The van der Waals surface area contributed by atoms with Gasteiger partial charge in [-0.25, -0.2) is 4.68 Å². The maximum atomic E-state index is 10.4. The van der Waals surface area contributed by atoms with Crippen LogP contribution < -0.4 is 10.6 Å². The summed E-state index contributed by atoms with van der Waals surface area (Å²) in [5.74, 6) is 0. The first-order chi connectivity index (χ1) is 10.8. The second-order valence-electron chi connectivity index (χ2n) is 5.79. The average molecular weight is 305 g/mol. The smallest absolute Gasteiger partial charge is 0.113 e. The lowest BCUT2D eigenvalue weighted by Crippen LogP contribution is -2.50. The van der Waals surface area contributed by atoms with Gasteiger partial charge in [0.15, 0.2) is 0 Å². The van der Waals surface area contributed by atoms with Crippen molar-refractivity contribution in [1.82, 2.24) is 25.6 Å². The first kappa shape index (κ1) is 15.4. The van der Waals surface area contributed by atoms with E-state index in [9.17, 15) is 5.11 Å². The summed E-state index contributed by atoms with van der Waals surface area (Å²) < 4.78 is 7.32. The normalized spacial score (nSPS) is 22.8. The largest absolute Gasteiger partial charge is 0.385 e. The molecule has 1 fully saturated rings. The van der Waals surface area contributed by atoms with Crippen molar-refractivity contribution in [3.8, 4) is 0 Å². The van der Waals surface area contributed by atoms with Gasteiger partial charge >= 0.3 is 0 Å². The van der Waals surface area contributed by atoms with E-state index in [2.05, 4.69) is 20.9 Å². The van der Waals surface area contributed by atoms with Crippen LogP contribution in [0.1, 0.15) is 6.42 Å². The average Bonchev–Trinajstić information content (AvgIpc) is 2.81. The van der Waals surface area contributed by atoms with E-state index in [1.165, 1.54) is 0 Å². The van der Waals surface area contributed by atoms with E-state index in [0.29, 0.717) is 26.3 Å². The van der Waals surface area contributed by atoms with Crippen molar-refractivity contribution in [2.45, 2.75) is 18.6 Å². The van der Waals surface area contributed by atoms with Gasteiger partial charge in [-0.3, -0.25) is 0 Å². The third kappa shape index (κ3) is 3.80. The van der Waals surface area contributed by atoms with Crippen molar-refractivity contribution >= 4 is 11.0 Å². The van der Waals surface area contributed by atoms with Gasteiger partial charge in [-0.2, -0.15) is 0 Å². The maximum absolute atomic E-state index is 10.4. The predicted octanol–water partition coefficient (Wildman–Crippen LogP) is -0.238. The summed E-state index contributed by atoms with van der Waals surface area (Å²) in [6.45, 7) is 4.53. The minimum atomic E-state index is -0.823. The quantitative estimate of drug-likeness (QED) is 0.639. The SMILES string of the molecule is OC1(CNCCCn2nnc3ccccc32)CNCCOC1. The number of fused-ring (bicyclic) bond motifs is 1. The van der Waals surface area contributed by atoms with Crippen LogP contribution in [0.5, 0.6) is 0 Å². The van der Waals surface area contributed by atoms with Crippen molar-refractivity contribution in [2.24, 2.45) is 0 Å². The molecule has 1 saturated heterocycles. The highest BCUT2D eigenvalue weighted by Gasteiger charge is 2.28. The number of hydrogen-bond donors (Lipinski definition) is 3. The summed E-state index contributed by atoms with van der Waals surface area (Å²) in [6, 6.07) is 7.95. The summed E-state index contributed by atoms with van der Waals surface area (Å²) >= 11 is 0. The van der Waals surface area contributed by atoms with Gasteiger partial charge in [0.2, 0.25) is 0 Å². The summed E-state index contributed by atoms with van der Waals surface area (Å²) in [4.78, 5) is 0. The number of nitrogens with zero attached hydrogens (tertiary/aromatic N) is 3. The van der Waals surface area contributed by atoms with Crippen molar-refractivity contribution in [1.29, 1.82) is 0 Å². The van der Waals surface area contributed by atoms with E-state index in [-0.39, 0.29) is 0 Å². The predicted molar refractivity (Wildman–Crippen MR) is 83.7 cm³/mol. The molecule has 1 unspecified atom stereocenters. The Bertz CT molecular complexity index is 592. The molecule has 1 aliphatic heterocycles. The van der Waals surface area contributed by atoms with Crippen molar-refractivity contribution in [3.05, 3.63) is 24.3 Å². The Balaban J connectivity index is 1.42. The summed E-state index contributed by atoms with van der Waals surface area (Å²) in [6.07, 6.45) is 0.928. The number of benzene rings is 1. The minimum Gasteiger partial charge on any atom is -0.385 e. The first-order valence-electron chi connectivity index (χ1n) is 7.77. The zero-order chi connectivity index (χ0) is 15.3. The zero-order valence-corrected chi connectivity index (χ0v) is 12.7. The van der Waals surface area contributed by atoms with Gasteiger partial charge in [-0.1, -0.05) is 17.3 Å². The van der Waals surface area contributed by atoms with Crippen LogP contribution in [0.4, 0.5) is 0 Å². The Labute approximate surface area is 129 Å². The van der Waals surface area contributed by atoms with E-state index < -0.39 is 5.60 Å². The lowest BCUT2D eigenvalue weighted by atomic mass is 10.1. The molecule has 3 N–H and O–H groups in total. The zero-order valence-electron chi connectivity index (χ0n) is 12.7. The topological polar surface area (TPSA) is 84.2 Å². The monoisotopic (exact) mass is 305 g/mol. The fourth-order valence-corrected chi connectivity index (χ4v) is 2.65. The number of hydrogen-bond acceptors (Lipinski definition) is 6. The van der Waals surface area contributed by atoms with Crippen LogP contribution in [0.15, 0.2) is 24.3 Å². The van der Waals surface area contributed by atoms with Crippen LogP contribution in [-0.2, 0) is 11.3 Å². The highest BCUT2D eigenvalue weighted by Crippen LogP contribution is 2.10. The second kappa shape index (κ2) is 7.15. The molecule has 1 aromatic carbocycles. The molecule has 2 aromatic rings. The van der Waals surface area contributed by atoms with Gasteiger partial charge in [0.05, 0.1) is 18.7 Å². The molecule has 2 heterocycles. The number of aryl methyl sites for hydroxylation is 1.